The molecule has 1 unspecified atom stereocenters. The maximum atomic E-state index is 14.4. The molecule has 0 amide bonds. The molecule has 0 saturated carbocycles. The highest BCUT2D eigenvalue weighted by Crippen LogP contribution is 2.25. The second-order valence-corrected chi connectivity index (χ2v) is 5.91. The van der Waals surface area contributed by atoms with E-state index >= 15 is 0 Å². The lowest BCUT2D eigenvalue weighted by molar-refractivity contribution is -0.148. The van der Waals surface area contributed by atoms with Gasteiger partial charge < -0.3 is 19.5 Å². The van der Waals surface area contributed by atoms with Crippen LogP contribution < -0.4 is 5.32 Å². The lowest BCUT2D eigenvalue weighted by atomic mass is 10.1. The number of anilines is 1. The summed E-state index contributed by atoms with van der Waals surface area (Å²) >= 11 is 0. The van der Waals surface area contributed by atoms with E-state index < -0.39 is 29.8 Å². The number of esters is 3. The van der Waals surface area contributed by atoms with Crippen LogP contribution in [-0.4, -0.2) is 44.3 Å². The van der Waals surface area contributed by atoms with Gasteiger partial charge in [-0.05, 0) is 38.8 Å². The summed E-state index contributed by atoms with van der Waals surface area (Å²) in [6, 6.07) is 1.97. The summed E-state index contributed by atoms with van der Waals surface area (Å²) in [5.74, 6) is -2.75. The van der Waals surface area contributed by atoms with Crippen molar-refractivity contribution in [2.45, 2.75) is 45.8 Å². The number of hydrogen-bond donors (Lipinski definition) is 1. The van der Waals surface area contributed by atoms with Crippen LogP contribution in [-0.2, 0) is 23.8 Å². The smallest absolute Gasteiger partial charge is 0.342 e. The van der Waals surface area contributed by atoms with E-state index in [4.69, 9.17) is 4.74 Å². The van der Waals surface area contributed by atoms with E-state index in [1.807, 2.05) is 0 Å². The molecule has 0 aromatic heterocycles. The van der Waals surface area contributed by atoms with Crippen molar-refractivity contribution >= 4 is 23.6 Å². The van der Waals surface area contributed by atoms with Crippen LogP contribution in [0.4, 0.5) is 10.1 Å². The summed E-state index contributed by atoms with van der Waals surface area (Å²) in [5.41, 5.74) is 0.0234. The van der Waals surface area contributed by atoms with Gasteiger partial charge in [0.25, 0.3) is 0 Å². The minimum Gasteiger partial charge on any atom is -0.469 e. The number of carbonyl (C=O) groups is 3. The van der Waals surface area contributed by atoms with Crippen molar-refractivity contribution in [2.24, 2.45) is 0 Å². The Morgan fingerprint density at radius 2 is 1.81 bits per heavy atom. The van der Waals surface area contributed by atoms with Gasteiger partial charge >= 0.3 is 17.9 Å². The van der Waals surface area contributed by atoms with Crippen molar-refractivity contribution in [3.05, 3.63) is 29.1 Å². The fourth-order valence-corrected chi connectivity index (χ4v) is 2.22. The first kappa shape index (κ1) is 21.4. The molecule has 0 aliphatic heterocycles. The normalized spacial score (nSPS) is 11.7. The first-order chi connectivity index (χ1) is 12.2. The van der Waals surface area contributed by atoms with Crippen LogP contribution >= 0.6 is 0 Å². The number of aryl methyl sites for hydroxylation is 1. The Kier molecular flexibility index (Phi) is 8.02. The van der Waals surface area contributed by atoms with E-state index in [0.29, 0.717) is 0 Å². The SMILES string of the molecule is COC(=O)CCC(Nc1ccc(C)c(F)c1C(=O)OC)C(=O)OC(C)C. The topological polar surface area (TPSA) is 90.9 Å². The summed E-state index contributed by atoms with van der Waals surface area (Å²) in [6.45, 7) is 4.87. The van der Waals surface area contributed by atoms with Gasteiger partial charge in [-0.3, -0.25) is 4.79 Å². The number of halogens is 1. The fraction of sp³-hybridized carbons (Fsp3) is 0.500. The van der Waals surface area contributed by atoms with Crippen LogP contribution in [0.5, 0.6) is 0 Å². The maximum absolute atomic E-state index is 14.4. The molecular formula is C18H24FNO6. The van der Waals surface area contributed by atoms with E-state index in [1.165, 1.54) is 26.2 Å². The molecule has 0 fully saturated rings. The van der Waals surface area contributed by atoms with Crippen LogP contribution in [0, 0.1) is 12.7 Å². The quantitative estimate of drug-likeness (QED) is 0.556. The van der Waals surface area contributed by atoms with Crippen molar-refractivity contribution in [3.8, 4) is 0 Å². The summed E-state index contributed by atoms with van der Waals surface area (Å²) in [7, 11) is 2.37. The van der Waals surface area contributed by atoms with Gasteiger partial charge in [0.1, 0.15) is 17.4 Å². The van der Waals surface area contributed by atoms with Gasteiger partial charge in [-0.2, -0.15) is 0 Å². The van der Waals surface area contributed by atoms with Crippen molar-refractivity contribution in [3.63, 3.8) is 0 Å². The van der Waals surface area contributed by atoms with Crippen LogP contribution in [0.15, 0.2) is 12.1 Å². The van der Waals surface area contributed by atoms with Crippen LogP contribution in [0.1, 0.15) is 42.6 Å². The number of hydrogen-bond acceptors (Lipinski definition) is 7. The molecule has 0 saturated heterocycles. The first-order valence-corrected chi connectivity index (χ1v) is 8.12. The molecule has 1 atom stereocenters. The molecule has 1 rings (SSSR count). The van der Waals surface area contributed by atoms with Gasteiger partial charge in [-0.15, -0.1) is 0 Å². The highest BCUT2D eigenvalue weighted by Gasteiger charge is 2.26. The van der Waals surface area contributed by atoms with Gasteiger partial charge in [0.05, 0.1) is 26.0 Å². The van der Waals surface area contributed by atoms with Gasteiger partial charge in [0, 0.05) is 6.42 Å². The number of carbonyl (C=O) groups excluding carboxylic acids is 3. The predicted molar refractivity (Wildman–Crippen MR) is 92.4 cm³/mol. The largest absolute Gasteiger partial charge is 0.469 e. The van der Waals surface area contributed by atoms with Gasteiger partial charge in [0.15, 0.2) is 0 Å². The van der Waals surface area contributed by atoms with Crippen LogP contribution in [0.3, 0.4) is 0 Å². The molecule has 1 aromatic carbocycles. The molecule has 8 heteroatoms. The molecule has 0 bridgehead atoms. The summed E-state index contributed by atoms with van der Waals surface area (Å²) in [5, 5.41) is 2.79. The van der Waals surface area contributed by atoms with E-state index in [9.17, 15) is 18.8 Å². The number of ether oxygens (including phenoxy) is 3. The first-order valence-electron chi connectivity index (χ1n) is 8.12. The standard InChI is InChI=1S/C18H24FNO6/c1-10(2)26-17(22)13(8-9-14(21)24-4)20-12-7-6-11(3)16(19)15(12)18(23)25-5/h6-7,10,13,20H,8-9H2,1-5H3. The lowest BCUT2D eigenvalue weighted by Crippen LogP contribution is -2.34. The zero-order valence-corrected chi connectivity index (χ0v) is 15.6. The Morgan fingerprint density at radius 3 is 2.35 bits per heavy atom. The van der Waals surface area contributed by atoms with Crippen LogP contribution in [0.25, 0.3) is 0 Å². The van der Waals surface area contributed by atoms with E-state index in [0.717, 1.165) is 7.11 Å². The third-order valence-electron chi connectivity index (χ3n) is 3.56. The van der Waals surface area contributed by atoms with Crippen molar-refractivity contribution in [1.82, 2.24) is 0 Å². The molecule has 144 valence electrons. The molecule has 0 aliphatic rings. The fourth-order valence-electron chi connectivity index (χ4n) is 2.22. The minimum atomic E-state index is -0.970. The van der Waals surface area contributed by atoms with Gasteiger partial charge in [-0.1, -0.05) is 6.07 Å². The molecule has 1 N–H and O–H groups in total. The summed E-state index contributed by atoms with van der Waals surface area (Å²) in [6.07, 6.45) is -0.378. The maximum Gasteiger partial charge on any atom is 0.342 e. The zero-order chi connectivity index (χ0) is 19.9. The second kappa shape index (κ2) is 9.74. The Morgan fingerprint density at radius 1 is 1.15 bits per heavy atom. The third-order valence-corrected chi connectivity index (χ3v) is 3.56. The molecule has 7 nitrogen and oxygen atoms in total. The summed E-state index contributed by atoms with van der Waals surface area (Å²) in [4.78, 5) is 35.7. The molecule has 0 radical (unpaired) electrons. The van der Waals surface area contributed by atoms with E-state index in [1.54, 1.807) is 13.8 Å². The summed E-state index contributed by atoms with van der Waals surface area (Å²) < 4.78 is 28.8. The third kappa shape index (κ3) is 5.72. The zero-order valence-electron chi connectivity index (χ0n) is 15.6. The highest BCUT2D eigenvalue weighted by atomic mass is 19.1. The van der Waals surface area contributed by atoms with E-state index in [-0.39, 0.29) is 35.8 Å². The average Bonchev–Trinajstić information content (AvgIpc) is 2.59. The number of nitrogens with one attached hydrogen (secondary N) is 1. The highest BCUT2D eigenvalue weighted by molar-refractivity contribution is 5.97. The minimum absolute atomic E-state index is 0.0499. The van der Waals surface area contributed by atoms with Gasteiger partial charge in [-0.25, -0.2) is 14.0 Å². The second-order valence-electron chi connectivity index (χ2n) is 5.91. The number of benzene rings is 1. The van der Waals surface area contributed by atoms with E-state index in [2.05, 4.69) is 14.8 Å². The van der Waals surface area contributed by atoms with Crippen molar-refractivity contribution in [2.75, 3.05) is 19.5 Å². The molecule has 0 spiro atoms. The number of methoxy groups -OCH3 is 2. The lowest BCUT2D eigenvalue weighted by Gasteiger charge is -2.21. The Bertz CT molecular complexity index is 674. The van der Waals surface area contributed by atoms with Gasteiger partial charge in [0.2, 0.25) is 0 Å². The van der Waals surface area contributed by atoms with Crippen molar-refractivity contribution in [1.29, 1.82) is 0 Å². The predicted octanol–water partition coefficient (Wildman–Crippen LogP) is 2.61. The Balaban J connectivity index is 3.17. The average molecular weight is 369 g/mol. The van der Waals surface area contributed by atoms with Crippen LogP contribution in [0.2, 0.25) is 0 Å². The number of rotatable bonds is 8. The molecule has 26 heavy (non-hydrogen) atoms. The molecule has 0 heterocycles. The van der Waals surface area contributed by atoms with Crippen molar-refractivity contribution < 1.29 is 33.0 Å². The molecule has 1 aromatic rings. The molecular weight excluding hydrogens is 345 g/mol. The Labute approximate surface area is 151 Å². The molecule has 0 aliphatic carbocycles. The monoisotopic (exact) mass is 369 g/mol. The Hall–Kier alpha value is -2.64.